The lowest BCUT2D eigenvalue weighted by Crippen LogP contribution is -2.42. The van der Waals surface area contributed by atoms with Crippen molar-refractivity contribution in [3.63, 3.8) is 0 Å². The molecule has 0 bridgehead atoms. The van der Waals surface area contributed by atoms with Crippen molar-refractivity contribution in [2.45, 2.75) is 33.9 Å². The second-order valence-corrected chi connectivity index (χ2v) is 2.23. The molecule has 0 aromatic rings. The zero-order valence-corrected chi connectivity index (χ0v) is 8.96. The highest BCUT2D eigenvalue weighted by atomic mass is 28.1. The minimum Gasteiger partial charge on any atom is -0.304 e. The summed E-state index contributed by atoms with van der Waals surface area (Å²) in [7, 11) is 0. The molecule has 0 radical (unpaired) electrons. The van der Waals surface area contributed by atoms with Crippen molar-refractivity contribution in [3.8, 4) is 0 Å². The quantitative estimate of drug-likeness (QED) is 0.439. The van der Waals surface area contributed by atoms with E-state index in [2.05, 4.69) is 0 Å². The van der Waals surface area contributed by atoms with Gasteiger partial charge in [0.05, 0.1) is 26.4 Å². The maximum atomic E-state index is 5.28. The Kier molecular flexibility index (Phi) is 11.3. The van der Waals surface area contributed by atoms with Crippen molar-refractivity contribution in [3.05, 3.63) is 0 Å². The first-order chi connectivity index (χ1) is 6.24. The molecular weight excluding hydrogens is 200 g/mol. The number of hydrogen-bond acceptors (Lipinski definition) is 4. The van der Waals surface area contributed by atoms with Crippen LogP contribution in [0, 0.1) is 0 Å². The first kappa shape index (κ1) is 16.5. The zero-order chi connectivity index (χ0) is 10.2. The van der Waals surface area contributed by atoms with Gasteiger partial charge >= 0.3 is 6.16 Å². The fourth-order valence-electron chi connectivity index (χ4n) is 0.957. The summed E-state index contributed by atoms with van der Waals surface area (Å²) >= 11 is 0. The summed E-state index contributed by atoms with van der Waals surface area (Å²) in [6, 6.07) is 0. The number of hydrogen-bond donors (Lipinski definition) is 0. The first-order valence-electron chi connectivity index (χ1n) is 4.80. The van der Waals surface area contributed by atoms with E-state index in [0.717, 1.165) is 0 Å². The largest absolute Gasteiger partial charge is 0.412 e. The molecular formula is C9H24O4Si. The Bertz CT molecular complexity index is 91.9. The van der Waals surface area contributed by atoms with Crippen LogP contribution in [0.4, 0.5) is 0 Å². The van der Waals surface area contributed by atoms with E-state index in [1.807, 2.05) is 27.7 Å². The van der Waals surface area contributed by atoms with E-state index in [0.29, 0.717) is 26.4 Å². The maximum absolute atomic E-state index is 5.28. The van der Waals surface area contributed by atoms with Gasteiger partial charge in [-0.1, -0.05) is 0 Å². The second-order valence-electron chi connectivity index (χ2n) is 2.23. The van der Waals surface area contributed by atoms with Crippen LogP contribution in [0.5, 0.6) is 0 Å². The maximum Gasteiger partial charge on any atom is 0.412 e. The molecule has 0 fully saturated rings. The van der Waals surface area contributed by atoms with Crippen molar-refractivity contribution in [2.75, 3.05) is 26.4 Å². The summed E-state index contributed by atoms with van der Waals surface area (Å²) in [4.78, 5) is 0. The van der Waals surface area contributed by atoms with E-state index in [4.69, 9.17) is 18.9 Å². The summed E-state index contributed by atoms with van der Waals surface area (Å²) < 4.78 is 21.1. The summed E-state index contributed by atoms with van der Waals surface area (Å²) in [6.07, 6.45) is -1.30. The minimum atomic E-state index is -1.30. The summed E-state index contributed by atoms with van der Waals surface area (Å²) in [5.74, 6) is 0. The van der Waals surface area contributed by atoms with E-state index in [1.54, 1.807) is 0 Å². The molecule has 0 aromatic heterocycles. The van der Waals surface area contributed by atoms with Gasteiger partial charge in [-0.05, 0) is 38.7 Å². The fraction of sp³-hybridized carbons (Fsp3) is 1.00. The average molecular weight is 224 g/mol. The van der Waals surface area contributed by atoms with Crippen LogP contribution in [-0.2, 0) is 18.9 Å². The highest BCUT2D eigenvalue weighted by Crippen LogP contribution is 2.17. The third-order valence-corrected chi connectivity index (χ3v) is 1.28. The van der Waals surface area contributed by atoms with E-state index < -0.39 is 6.16 Å². The molecule has 0 aromatic carbocycles. The van der Waals surface area contributed by atoms with E-state index in [9.17, 15) is 0 Å². The molecule has 0 rings (SSSR count). The Labute approximate surface area is 90.9 Å². The molecule has 0 unspecified atom stereocenters. The highest BCUT2D eigenvalue weighted by Gasteiger charge is 2.33. The van der Waals surface area contributed by atoms with Crippen molar-refractivity contribution < 1.29 is 18.9 Å². The van der Waals surface area contributed by atoms with Gasteiger partial charge in [0, 0.05) is 0 Å². The SMILES string of the molecule is CCOC(OCC)(OCC)OCC.[SiH4]. The van der Waals surface area contributed by atoms with Crippen LogP contribution in [0.1, 0.15) is 27.7 Å². The van der Waals surface area contributed by atoms with Crippen LogP contribution in [0.25, 0.3) is 0 Å². The van der Waals surface area contributed by atoms with Gasteiger partial charge in [0.25, 0.3) is 0 Å². The second kappa shape index (κ2) is 9.61. The lowest BCUT2D eigenvalue weighted by molar-refractivity contribution is -0.495. The highest BCUT2D eigenvalue weighted by molar-refractivity contribution is 5.75. The predicted molar refractivity (Wildman–Crippen MR) is 60.6 cm³/mol. The summed E-state index contributed by atoms with van der Waals surface area (Å²) in [6.45, 7) is 9.41. The van der Waals surface area contributed by atoms with Crippen LogP contribution in [0.15, 0.2) is 0 Å². The molecule has 0 aliphatic carbocycles. The fourth-order valence-corrected chi connectivity index (χ4v) is 0.957. The lowest BCUT2D eigenvalue weighted by atomic mass is 10.7. The summed E-state index contributed by atoms with van der Waals surface area (Å²) in [5.41, 5.74) is 0. The number of rotatable bonds is 8. The van der Waals surface area contributed by atoms with Crippen LogP contribution in [0.3, 0.4) is 0 Å². The smallest absolute Gasteiger partial charge is 0.304 e. The number of ether oxygens (including phenoxy) is 4. The standard InChI is InChI=1S/C9H20O4.H4Si/c1-5-10-9(11-6-2,12-7-3)13-8-4;/h5-8H2,1-4H3;1H4. The van der Waals surface area contributed by atoms with E-state index >= 15 is 0 Å². The Morgan fingerprint density at radius 2 is 0.857 bits per heavy atom. The Hall–Kier alpha value is 0.0569. The predicted octanol–water partition coefficient (Wildman–Crippen LogP) is 0.292. The van der Waals surface area contributed by atoms with Crippen molar-refractivity contribution in [2.24, 2.45) is 0 Å². The van der Waals surface area contributed by atoms with E-state index in [1.165, 1.54) is 0 Å². The van der Waals surface area contributed by atoms with Gasteiger partial charge in [0.15, 0.2) is 0 Å². The molecule has 5 heteroatoms. The van der Waals surface area contributed by atoms with Crippen LogP contribution >= 0.6 is 0 Å². The van der Waals surface area contributed by atoms with Gasteiger partial charge in [-0.2, -0.15) is 0 Å². The lowest BCUT2D eigenvalue weighted by Gasteiger charge is -2.30. The molecule has 0 aliphatic rings. The Morgan fingerprint density at radius 3 is 1.00 bits per heavy atom. The molecule has 0 atom stereocenters. The third-order valence-electron chi connectivity index (χ3n) is 1.28. The van der Waals surface area contributed by atoms with Gasteiger partial charge in [-0.3, -0.25) is 0 Å². The van der Waals surface area contributed by atoms with Gasteiger partial charge < -0.3 is 18.9 Å². The minimum absolute atomic E-state index is 0. The molecule has 14 heavy (non-hydrogen) atoms. The van der Waals surface area contributed by atoms with Crippen LogP contribution < -0.4 is 0 Å². The molecule has 0 spiro atoms. The van der Waals surface area contributed by atoms with E-state index in [-0.39, 0.29) is 11.0 Å². The van der Waals surface area contributed by atoms with Crippen LogP contribution in [-0.4, -0.2) is 43.6 Å². The molecule has 88 valence electrons. The zero-order valence-electron chi connectivity index (χ0n) is 8.96. The van der Waals surface area contributed by atoms with Gasteiger partial charge in [0.1, 0.15) is 0 Å². The van der Waals surface area contributed by atoms with Crippen molar-refractivity contribution >= 4 is 11.0 Å². The van der Waals surface area contributed by atoms with Gasteiger partial charge in [0.2, 0.25) is 0 Å². The van der Waals surface area contributed by atoms with Crippen molar-refractivity contribution in [1.82, 2.24) is 0 Å². The summed E-state index contributed by atoms with van der Waals surface area (Å²) in [5, 5.41) is 0. The molecule has 0 amide bonds. The molecule has 0 saturated heterocycles. The first-order valence-corrected chi connectivity index (χ1v) is 4.80. The average Bonchev–Trinajstić information content (AvgIpc) is 2.06. The molecule has 0 N–H and O–H groups in total. The van der Waals surface area contributed by atoms with Crippen LogP contribution in [0.2, 0.25) is 0 Å². The molecule has 0 aliphatic heterocycles. The molecule has 0 heterocycles. The molecule has 4 nitrogen and oxygen atoms in total. The Morgan fingerprint density at radius 1 is 0.643 bits per heavy atom. The molecule has 0 saturated carbocycles. The topological polar surface area (TPSA) is 36.9 Å². The Balaban J connectivity index is 0. The van der Waals surface area contributed by atoms with Crippen molar-refractivity contribution in [1.29, 1.82) is 0 Å². The normalized spacial score (nSPS) is 11.1. The third kappa shape index (κ3) is 5.72. The monoisotopic (exact) mass is 224 g/mol. The van der Waals surface area contributed by atoms with Gasteiger partial charge in [-0.25, -0.2) is 0 Å². The van der Waals surface area contributed by atoms with Gasteiger partial charge in [-0.15, -0.1) is 0 Å².